The maximum atomic E-state index is 13.6. The zero-order chi connectivity index (χ0) is 25.2. The Balaban J connectivity index is 1.29. The van der Waals surface area contributed by atoms with Crippen molar-refractivity contribution < 1.29 is 19.1 Å². The van der Waals surface area contributed by atoms with Crippen molar-refractivity contribution in [3.05, 3.63) is 53.6 Å². The minimum atomic E-state index is -1.24. The van der Waals surface area contributed by atoms with Crippen LogP contribution in [-0.2, 0) is 4.79 Å². The second kappa shape index (κ2) is 8.09. The summed E-state index contributed by atoms with van der Waals surface area (Å²) in [5.41, 5.74) is 1.69. The van der Waals surface area contributed by atoms with E-state index in [-0.39, 0.29) is 17.6 Å². The fourth-order valence-electron chi connectivity index (χ4n) is 5.42. The van der Waals surface area contributed by atoms with Crippen molar-refractivity contribution >= 4 is 17.5 Å². The highest BCUT2D eigenvalue weighted by atomic mass is 19.1. The predicted molar refractivity (Wildman–Crippen MR) is 131 cm³/mol. The molecular weight excluding hydrogens is 461 g/mol. The predicted octanol–water partition coefficient (Wildman–Crippen LogP) is 3.39. The average molecular weight is 492 g/mol. The van der Waals surface area contributed by atoms with E-state index in [0.29, 0.717) is 55.4 Å². The van der Waals surface area contributed by atoms with Crippen LogP contribution in [0.3, 0.4) is 0 Å². The average Bonchev–Trinajstić information content (AvgIpc) is 3.58. The van der Waals surface area contributed by atoms with Gasteiger partial charge in [-0.25, -0.2) is 13.9 Å². The number of carbonyl (C=O) groups is 2. The molecule has 188 valence electrons. The number of benzene rings is 1. The molecule has 36 heavy (non-hydrogen) atoms. The summed E-state index contributed by atoms with van der Waals surface area (Å²) in [6.45, 7) is 4.97. The second-order valence-electron chi connectivity index (χ2n) is 11.0. The van der Waals surface area contributed by atoms with Gasteiger partial charge in [0.25, 0.3) is 11.8 Å². The fourth-order valence-corrected chi connectivity index (χ4v) is 5.42. The molecule has 2 aromatic heterocycles. The van der Waals surface area contributed by atoms with Crippen molar-refractivity contribution in [2.75, 3.05) is 19.6 Å². The van der Waals surface area contributed by atoms with Crippen molar-refractivity contribution in [3.8, 4) is 11.3 Å². The van der Waals surface area contributed by atoms with Crippen molar-refractivity contribution in [2.45, 2.75) is 63.0 Å². The standard InChI is InChI=1S/C27H30FN5O3/c1-26(2)16-31(25(35)27(36)10-3-11-27)12-13-32(26)24(34)22-15-33-23(29-22)20(17-4-5-17)14-21(30-33)18-6-8-19(28)9-7-18/h6-9,14-15,17,36H,3-5,10-13,16H2,1-2H3. The Hall–Kier alpha value is -3.33. The van der Waals surface area contributed by atoms with Gasteiger partial charge in [-0.1, -0.05) is 0 Å². The number of imidazole rings is 1. The molecule has 0 atom stereocenters. The lowest BCUT2D eigenvalue weighted by Crippen LogP contribution is -2.65. The summed E-state index contributed by atoms with van der Waals surface area (Å²) in [5, 5.41) is 15.2. The minimum absolute atomic E-state index is 0.204. The quantitative estimate of drug-likeness (QED) is 0.604. The maximum absolute atomic E-state index is 13.6. The van der Waals surface area contributed by atoms with Crippen LogP contribution in [0.5, 0.6) is 0 Å². The Kier molecular flexibility index (Phi) is 5.19. The first kappa shape index (κ1) is 23.1. The zero-order valence-corrected chi connectivity index (χ0v) is 20.6. The number of aromatic nitrogens is 3. The monoisotopic (exact) mass is 491 g/mol. The number of fused-ring (bicyclic) bond motifs is 1. The summed E-state index contributed by atoms with van der Waals surface area (Å²) in [4.78, 5) is 34.7. The van der Waals surface area contributed by atoms with Gasteiger partial charge in [0, 0.05) is 30.8 Å². The van der Waals surface area contributed by atoms with E-state index in [1.807, 2.05) is 19.9 Å². The van der Waals surface area contributed by atoms with Crippen molar-refractivity contribution in [2.24, 2.45) is 0 Å². The van der Waals surface area contributed by atoms with Gasteiger partial charge < -0.3 is 14.9 Å². The van der Waals surface area contributed by atoms with Gasteiger partial charge in [0.2, 0.25) is 0 Å². The van der Waals surface area contributed by atoms with E-state index >= 15 is 0 Å². The smallest absolute Gasteiger partial charge is 0.274 e. The first-order chi connectivity index (χ1) is 17.1. The first-order valence-electron chi connectivity index (χ1n) is 12.6. The Bertz CT molecular complexity index is 1360. The van der Waals surface area contributed by atoms with E-state index in [0.717, 1.165) is 30.4 Å². The Morgan fingerprint density at radius 1 is 1.11 bits per heavy atom. The molecule has 3 fully saturated rings. The van der Waals surface area contributed by atoms with E-state index in [2.05, 4.69) is 5.10 Å². The molecule has 0 radical (unpaired) electrons. The van der Waals surface area contributed by atoms with Gasteiger partial charge in [0.1, 0.15) is 17.1 Å². The third-order valence-corrected chi connectivity index (χ3v) is 7.84. The summed E-state index contributed by atoms with van der Waals surface area (Å²) in [5.74, 6) is -0.356. The molecule has 2 amide bonds. The van der Waals surface area contributed by atoms with Crippen molar-refractivity contribution in [1.29, 1.82) is 0 Å². The molecule has 9 heteroatoms. The maximum Gasteiger partial charge on any atom is 0.274 e. The van der Waals surface area contributed by atoms with Gasteiger partial charge in [0.05, 0.1) is 17.4 Å². The lowest BCUT2D eigenvalue weighted by molar-refractivity contribution is -0.164. The van der Waals surface area contributed by atoms with Crippen LogP contribution >= 0.6 is 0 Å². The normalized spacial score (nSPS) is 20.9. The molecule has 0 unspecified atom stereocenters. The van der Waals surface area contributed by atoms with Crippen LogP contribution in [0.1, 0.15) is 67.9 Å². The molecule has 0 spiro atoms. The van der Waals surface area contributed by atoms with Crippen LogP contribution < -0.4 is 0 Å². The molecular formula is C27H30FN5O3. The summed E-state index contributed by atoms with van der Waals surface area (Å²) >= 11 is 0. The zero-order valence-electron chi connectivity index (χ0n) is 20.6. The molecule has 1 aromatic carbocycles. The number of hydrogen-bond donors (Lipinski definition) is 1. The van der Waals surface area contributed by atoms with Crippen molar-refractivity contribution in [3.63, 3.8) is 0 Å². The van der Waals surface area contributed by atoms with E-state index in [9.17, 15) is 19.1 Å². The number of halogens is 1. The lowest BCUT2D eigenvalue weighted by Gasteiger charge is -2.49. The van der Waals surface area contributed by atoms with Crippen LogP contribution in [0.2, 0.25) is 0 Å². The molecule has 6 rings (SSSR count). The minimum Gasteiger partial charge on any atom is -0.380 e. The number of hydrogen-bond acceptors (Lipinski definition) is 5. The molecule has 3 aromatic rings. The molecule has 1 aliphatic heterocycles. The summed E-state index contributed by atoms with van der Waals surface area (Å²) in [7, 11) is 0. The third-order valence-electron chi connectivity index (χ3n) is 7.84. The molecule has 2 aliphatic carbocycles. The van der Waals surface area contributed by atoms with Crippen LogP contribution in [0.15, 0.2) is 36.5 Å². The Morgan fingerprint density at radius 2 is 1.83 bits per heavy atom. The number of piperazine rings is 1. The lowest BCUT2D eigenvalue weighted by atomic mass is 9.78. The summed E-state index contributed by atoms with van der Waals surface area (Å²) in [6.07, 6.45) is 5.66. The van der Waals surface area contributed by atoms with Gasteiger partial charge in [0.15, 0.2) is 5.65 Å². The van der Waals surface area contributed by atoms with Crippen LogP contribution in [-0.4, -0.2) is 72.1 Å². The molecule has 8 nitrogen and oxygen atoms in total. The van der Waals surface area contributed by atoms with E-state index in [1.165, 1.54) is 12.1 Å². The largest absolute Gasteiger partial charge is 0.380 e. The van der Waals surface area contributed by atoms with Crippen molar-refractivity contribution in [1.82, 2.24) is 24.4 Å². The molecule has 1 saturated heterocycles. The fraction of sp³-hybridized carbons (Fsp3) is 0.481. The Morgan fingerprint density at radius 3 is 2.44 bits per heavy atom. The molecule has 0 bridgehead atoms. The highest BCUT2D eigenvalue weighted by molar-refractivity contribution is 5.94. The molecule has 3 aliphatic rings. The van der Waals surface area contributed by atoms with Crippen LogP contribution in [0.25, 0.3) is 16.9 Å². The summed E-state index contributed by atoms with van der Waals surface area (Å²) in [6, 6.07) is 8.23. The summed E-state index contributed by atoms with van der Waals surface area (Å²) < 4.78 is 15.1. The van der Waals surface area contributed by atoms with Gasteiger partial charge in [-0.3, -0.25) is 9.59 Å². The molecule has 1 N–H and O–H groups in total. The van der Waals surface area contributed by atoms with E-state index < -0.39 is 11.1 Å². The van der Waals surface area contributed by atoms with Crippen LogP contribution in [0.4, 0.5) is 4.39 Å². The molecule has 2 saturated carbocycles. The second-order valence-corrected chi connectivity index (χ2v) is 11.0. The highest BCUT2D eigenvalue weighted by Gasteiger charge is 2.48. The van der Waals surface area contributed by atoms with Gasteiger partial charge in [-0.15, -0.1) is 0 Å². The number of amides is 2. The SMILES string of the molecule is CC1(C)CN(C(=O)C2(O)CCC2)CCN1C(=O)c1cn2nc(-c3ccc(F)cc3)cc(C3CC3)c2n1. The number of nitrogens with zero attached hydrogens (tertiary/aromatic N) is 5. The number of carbonyl (C=O) groups excluding carboxylic acids is 2. The first-order valence-corrected chi connectivity index (χ1v) is 12.6. The number of aliphatic hydroxyl groups is 1. The van der Waals surface area contributed by atoms with Crippen LogP contribution in [0, 0.1) is 5.82 Å². The van der Waals surface area contributed by atoms with Gasteiger partial charge >= 0.3 is 0 Å². The van der Waals surface area contributed by atoms with E-state index in [4.69, 9.17) is 4.98 Å². The van der Waals surface area contributed by atoms with Gasteiger partial charge in [-0.2, -0.15) is 5.10 Å². The number of rotatable bonds is 4. The molecule has 3 heterocycles. The topological polar surface area (TPSA) is 91.0 Å². The Labute approximate surface area is 208 Å². The third kappa shape index (κ3) is 3.86. The van der Waals surface area contributed by atoms with Gasteiger partial charge in [-0.05, 0) is 82.2 Å². The van der Waals surface area contributed by atoms with E-state index in [1.54, 1.807) is 32.6 Å². The highest BCUT2D eigenvalue weighted by Crippen LogP contribution is 2.43.